The van der Waals surface area contributed by atoms with E-state index < -0.39 is 0 Å². The molecule has 2 N–H and O–H groups in total. The Morgan fingerprint density at radius 2 is 1.95 bits per heavy atom. The smallest absolute Gasteiger partial charge is 0.132 e. The van der Waals surface area contributed by atoms with E-state index in [0.29, 0.717) is 34.1 Å². The van der Waals surface area contributed by atoms with Crippen molar-refractivity contribution < 1.29 is 4.39 Å². The highest BCUT2D eigenvalue weighted by molar-refractivity contribution is 6.30. The molecule has 0 radical (unpaired) electrons. The third kappa shape index (κ3) is 1.99. The number of nitrogen functional groups attached to an aromatic ring is 1. The van der Waals surface area contributed by atoms with E-state index in [4.69, 9.17) is 22.3 Å². The van der Waals surface area contributed by atoms with Crippen molar-refractivity contribution in [2.24, 2.45) is 0 Å². The number of hydrogen-bond acceptors (Lipinski definition) is 2. The van der Waals surface area contributed by atoms with E-state index in [1.807, 2.05) is 0 Å². The van der Waals surface area contributed by atoms with Crippen molar-refractivity contribution in [3.05, 3.63) is 34.9 Å². The molecule has 1 heterocycles. The first-order valence-electron chi connectivity index (χ1n) is 6.97. The Bertz CT molecular complexity index is 666. The monoisotopic (exact) mass is 291 g/mol. The summed E-state index contributed by atoms with van der Waals surface area (Å²) in [4.78, 5) is 4.70. The van der Waals surface area contributed by atoms with Crippen LogP contribution >= 0.6 is 11.6 Å². The summed E-state index contributed by atoms with van der Waals surface area (Å²) >= 11 is 5.93. The molecule has 0 saturated heterocycles. The Morgan fingerprint density at radius 1 is 1.20 bits per heavy atom. The lowest BCUT2D eigenvalue weighted by molar-refractivity contribution is 0.628. The summed E-state index contributed by atoms with van der Waals surface area (Å²) in [5, 5.41) is 0.369. The third-order valence-electron chi connectivity index (χ3n) is 3.97. The second-order valence-electron chi connectivity index (χ2n) is 5.74. The van der Waals surface area contributed by atoms with Gasteiger partial charge in [0.25, 0.3) is 0 Å². The van der Waals surface area contributed by atoms with Gasteiger partial charge in [-0.2, -0.15) is 0 Å². The van der Waals surface area contributed by atoms with Gasteiger partial charge in [-0.1, -0.05) is 11.6 Å². The fourth-order valence-electron chi connectivity index (χ4n) is 2.71. The number of hydrogen-bond donors (Lipinski definition) is 1. The third-order valence-corrected chi connectivity index (χ3v) is 4.18. The van der Waals surface area contributed by atoms with Gasteiger partial charge in [-0.05, 0) is 43.9 Å². The van der Waals surface area contributed by atoms with Gasteiger partial charge in [0.15, 0.2) is 0 Å². The lowest BCUT2D eigenvalue weighted by Crippen LogP contribution is -2.04. The Morgan fingerprint density at radius 3 is 2.55 bits per heavy atom. The van der Waals surface area contributed by atoms with Gasteiger partial charge in [0.2, 0.25) is 0 Å². The molecule has 5 heteroatoms. The van der Waals surface area contributed by atoms with Gasteiger partial charge in [0.1, 0.15) is 23.2 Å². The second kappa shape index (κ2) is 4.22. The largest absolute Gasteiger partial charge is 0.383 e. The van der Waals surface area contributed by atoms with Crippen LogP contribution in [0.4, 0.5) is 10.2 Å². The van der Waals surface area contributed by atoms with Crippen LogP contribution in [-0.4, -0.2) is 9.55 Å². The normalized spacial score (nSPS) is 18.5. The van der Waals surface area contributed by atoms with Gasteiger partial charge in [0, 0.05) is 22.5 Å². The van der Waals surface area contributed by atoms with Crippen LogP contribution in [0.25, 0.3) is 11.3 Å². The van der Waals surface area contributed by atoms with E-state index in [2.05, 4.69) is 4.57 Å². The summed E-state index contributed by atoms with van der Waals surface area (Å²) in [5.74, 6) is 1.88. The van der Waals surface area contributed by atoms with Crippen molar-refractivity contribution in [3.8, 4) is 11.3 Å². The highest BCUT2D eigenvalue weighted by Gasteiger charge is 2.36. The van der Waals surface area contributed by atoms with E-state index >= 15 is 0 Å². The molecular weight excluding hydrogens is 277 g/mol. The zero-order chi connectivity index (χ0) is 13.9. The quantitative estimate of drug-likeness (QED) is 0.924. The molecule has 1 aromatic carbocycles. The molecule has 0 atom stereocenters. The highest BCUT2D eigenvalue weighted by atomic mass is 35.5. The zero-order valence-electron chi connectivity index (χ0n) is 10.9. The maximum absolute atomic E-state index is 13.5. The van der Waals surface area contributed by atoms with Crippen LogP contribution in [-0.2, 0) is 0 Å². The van der Waals surface area contributed by atoms with E-state index in [-0.39, 0.29) is 5.82 Å². The molecule has 104 valence electrons. The summed E-state index contributed by atoms with van der Waals surface area (Å²) in [6, 6.07) is 4.94. The molecule has 0 unspecified atom stereocenters. The first-order valence-corrected chi connectivity index (χ1v) is 7.35. The first kappa shape index (κ1) is 12.2. The second-order valence-corrected chi connectivity index (χ2v) is 6.17. The molecule has 0 bridgehead atoms. The van der Waals surface area contributed by atoms with Gasteiger partial charge in [0.05, 0.1) is 0 Å². The fraction of sp³-hybridized carbons (Fsp3) is 0.400. The SMILES string of the molecule is Nc1c(-c2cc(F)cc(Cl)c2)nc(C2CC2)n1C1CC1. The van der Waals surface area contributed by atoms with E-state index in [1.54, 1.807) is 6.07 Å². The molecule has 0 amide bonds. The van der Waals surface area contributed by atoms with Crippen LogP contribution in [0.15, 0.2) is 18.2 Å². The molecule has 2 aliphatic carbocycles. The molecular formula is C15H15ClFN3. The fourth-order valence-corrected chi connectivity index (χ4v) is 2.93. The van der Waals surface area contributed by atoms with Crippen LogP contribution in [0, 0.1) is 5.82 Å². The number of anilines is 1. The Balaban J connectivity index is 1.87. The van der Waals surface area contributed by atoms with Crippen LogP contribution in [0.1, 0.15) is 43.5 Å². The lowest BCUT2D eigenvalue weighted by Gasteiger charge is -2.07. The Hall–Kier alpha value is -1.55. The zero-order valence-corrected chi connectivity index (χ0v) is 11.7. The predicted molar refractivity (Wildman–Crippen MR) is 77.3 cm³/mol. The predicted octanol–water partition coefficient (Wildman–Crippen LogP) is 4.14. The van der Waals surface area contributed by atoms with Crippen LogP contribution in [0.3, 0.4) is 0 Å². The van der Waals surface area contributed by atoms with Crippen molar-refractivity contribution in [1.82, 2.24) is 9.55 Å². The Labute approximate surface area is 121 Å². The highest BCUT2D eigenvalue weighted by Crippen LogP contribution is 2.48. The minimum Gasteiger partial charge on any atom is -0.383 e. The maximum atomic E-state index is 13.5. The molecule has 2 saturated carbocycles. The van der Waals surface area contributed by atoms with Gasteiger partial charge in [-0.15, -0.1) is 0 Å². The van der Waals surface area contributed by atoms with Crippen LogP contribution in [0.2, 0.25) is 5.02 Å². The molecule has 20 heavy (non-hydrogen) atoms. The van der Waals surface area contributed by atoms with Gasteiger partial charge in [-0.25, -0.2) is 9.37 Å². The van der Waals surface area contributed by atoms with E-state index in [0.717, 1.165) is 18.7 Å². The van der Waals surface area contributed by atoms with Crippen molar-refractivity contribution in [1.29, 1.82) is 0 Å². The molecule has 3 nitrogen and oxygen atoms in total. The molecule has 0 aliphatic heterocycles. The molecule has 4 rings (SSSR count). The molecule has 2 aliphatic rings. The van der Waals surface area contributed by atoms with E-state index in [9.17, 15) is 4.39 Å². The van der Waals surface area contributed by atoms with Crippen molar-refractivity contribution in [3.63, 3.8) is 0 Å². The molecule has 2 aromatic rings. The van der Waals surface area contributed by atoms with Crippen LogP contribution in [0.5, 0.6) is 0 Å². The molecule has 1 aromatic heterocycles. The van der Waals surface area contributed by atoms with Crippen molar-refractivity contribution in [2.45, 2.75) is 37.6 Å². The Kier molecular flexibility index (Phi) is 2.58. The van der Waals surface area contributed by atoms with Crippen molar-refractivity contribution >= 4 is 17.4 Å². The minimum absolute atomic E-state index is 0.360. The molecule has 2 fully saturated rings. The molecule has 0 spiro atoms. The first-order chi connectivity index (χ1) is 9.63. The summed E-state index contributed by atoms with van der Waals surface area (Å²) < 4.78 is 15.7. The van der Waals surface area contributed by atoms with Gasteiger partial charge >= 0.3 is 0 Å². The topological polar surface area (TPSA) is 43.8 Å². The number of nitrogens with zero attached hydrogens (tertiary/aromatic N) is 2. The standard InChI is InChI=1S/C15H15ClFN3/c16-10-5-9(6-11(17)7-10)13-14(18)20(12-3-4-12)15(19-13)8-1-2-8/h5-8,12H,1-4,18H2. The number of benzene rings is 1. The number of imidazole rings is 1. The maximum Gasteiger partial charge on any atom is 0.132 e. The average molecular weight is 292 g/mol. The summed E-state index contributed by atoms with van der Waals surface area (Å²) in [7, 11) is 0. The average Bonchev–Trinajstić information content (AvgIpc) is 3.26. The van der Waals surface area contributed by atoms with Crippen LogP contribution < -0.4 is 5.73 Å². The lowest BCUT2D eigenvalue weighted by atomic mass is 10.1. The van der Waals surface area contributed by atoms with Gasteiger partial charge in [-0.3, -0.25) is 0 Å². The van der Waals surface area contributed by atoms with E-state index in [1.165, 1.54) is 25.0 Å². The number of aromatic nitrogens is 2. The number of rotatable bonds is 3. The summed E-state index contributed by atoms with van der Waals surface area (Å²) in [5.41, 5.74) is 7.61. The van der Waals surface area contributed by atoms with Gasteiger partial charge < -0.3 is 10.3 Å². The summed E-state index contributed by atoms with van der Waals surface area (Å²) in [6.07, 6.45) is 4.66. The summed E-state index contributed by atoms with van der Waals surface area (Å²) in [6.45, 7) is 0. The minimum atomic E-state index is -0.360. The number of halogens is 2. The van der Waals surface area contributed by atoms with Crippen molar-refractivity contribution in [2.75, 3.05) is 5.73 Å². The number of nitrogens with two attached hydrogens (primary N) is 1.